The van der Waals surface area contributed by atoms with E-state index in [2.05, 4.69) is 37.8 Å². The van der Waals surface area contributed by atoms with E-state index >= 15 is 0 Å². The van der Waals surface area contributed by atoms with E-state index in [1.165, 1.54) is 0 Å². The van der Waals surface area contributed by atoms with Crippen LogP contribution in [0.4, 0.5) is 0 Å². The lowest BCUT2D eigenvalue weighted by atomic mass is 9.81. The molecule has 0 atom stereocenters. The number of hydrogen-bond acceptors (Lipinski definition) is 4. The molecule has 0 saturated carbocycles. The Labute approximate surface area is 113 Å². The Morgan fingerprint density at radius 3 is 2.53 bits per heavy atom. The third kappa shape index (κ3) is 3.13. The van der Waals surface area contributed by atoms with E-state index in [0.717, 1.165) is 5.75 Å². The molecule has 0 bridgehead atoms. The lowest BCUT2D eigenvalue weighted by Gasteiger charge is -2.24. The molecule has 1 aromatic heterocycles. The van der Waals surface area contributed by atoms with Crippen LogP contribution in [0.1, 0.15) is 39.4 Å². The summed E-state index contributed by atoms with van der Waals surface area (Å²) in [5.74, 6) is 2.47. The normalized spacial score (nSPS) is 11.8. The van der Waals surface area contributed by atoms with Crippen molar-refractivity contribution in [3.8, 4) is 5.75 Å². The molecule has 0 saturated heterocycles. The van der Waals surface area contributed by atoms with Gasteiger partial charge in [-0.2, -0.15) is 4.98 Å². The van der Waals surface area contributed by atoms with Crippen LogP contribution >= 0.6 is 0 Å². The van der Waals surface area contributed by atoms with Crippen molar-refractivity contribution in [1.29, 1.82) is 0 Å². The van der Waals surface area contributed by atoms with Gasteiger partial charge in [-0.25, -0.2) is 0 Å². The summed E-state index contributed by atoms with van der Waals surface area (Å²) in [6.07, 6.45) is 0. The smallest absolute Gasteiger partial charge is 0.232 e. The standard InChI is InChI=1S/C15H20N2O2/c1-11(2)15(3,4)14-16-13(17-19-14)10-18-12-8-6-5-7-9-12/h5-9,11H,10H2,1-4H3. The summed E-state index contributed by atoms with van der Waals surface area (Å²) in [6, 6.07) is 9.61. The number of hydrogen-bond donors (Lipinski definition) is 0. The summed E-state index contributed by atoms with van der Waals surface area (Å²) in [4.78, 5) is 4.42. The van der Waals surface area contributed by atoms with E-state index in [1.54, 1.807) is 0 Å². The lowest BCUT2D eigenvalue weighted by molar-refractivity contribution is 0.249. The van der Waals surface area contributed by atoms with Crippen molar-refractivity contribution in [3.05, 3.63) is 42.0 Å². The van der Waals surface area contributed by atoms with E-state index in [4.69, 9.17) is 9.26 Å². The molecule has 4 heteroatoms. The third-order valence-corrected chi connectivity index (χ3v) is 3.57. The van der Waals surface area contributed by atoms with Crippen LogP contribution in [0.15, 0.2) is 34.9 Å². The summed E-state index contributed by atoms with van der Waals surface area (Å²) in [6.45, 7) is 8.82. The van der Waals surface area contributed by atoms with Gasteiger partial charge in [0.2, 0.25) is 11.7 Å². The maximum absolute atomic E-state index is 5.59. The quantitative estimate of drug-likeness (QED) is 0.824. The summed E-state index contributed by atoms with van der Waals surface area (Å²) in [7, 11) is 0. The lowest BCUT2D eigenvalue weighted by Crippen LogP contribution is -2.24. The van der Waals surface area contributed by atoms with Crippen molar-refractivity contribution >= 4 is 0 Å². The van der Waals surface area contributed by atoms with E-state index in [1.807, 2.05) is 30.3 Å². The molecule has 2 aromatic rings. The zero-order valence-electron chi connectivity index (χ0n) is 11.9. The second-order valence-corrected chi connectivity index (χ2v) is 5.49. The van der Waals surface area contributed by atoms with Crippen LogP contribution in [0.3, 0.4) is 0 Å². The highest BCUT2D eigenvalue weighted by atomic mass is 16.5. The fourth-order valence-corrected chi connectivity index (χ4v) is 1.49. The first-order chi connectivity index (χ1) is 9.00. The van der Waals surface area contributed by atoms with Gasteiger partial charge in [0.15, 0.2) is 6.61 Å². The Morgan fingerprint density at radius 2 is 1.89 bits per heavy atom. The van der Waals surface area contributed by atoms with Crippen LogP contribution in [0.25, 0.3) is 0 Å². The summed E-state index contributed by atoms with van der Waals surface area (Å²) in [5, 5.41) is 3.97. The van der Waals surface area contributed by atoms with Crippen molar-refractivity contribution in [3.63, 3.8) is 0 Å². The summed E-state index contributed by atoms with van der Waals surface area (Å²) >= 11 is 0. The fourth-order valence-electron chi connectivity index (χ4n) is 1.49. The highest BCUT2D eigenvalue weighted by Gasteiger charge is 2.31. The molecule has 0 aliphatic heterocycles. The van der Waals surface area contributed by atoms with Gasteiger partial charge in [-0.15, -0.1) is 0 Å². The van der Waals surface area contributed by atoms with Crippen LogP contribution in [0.5, 0.6) is 5.75 Å². The minimum Gasteiger partial charge on any atom is -0.485 e. The minimum absolute atomic E-state index is 0.127. The first kappa shape index (κ1) is 13.6. The second-order valence-electron chi connectivity index (χ2n) is 5.49. The molecule has 19 heavy (non-hydrogen) atoms. The molecule has 0 radical (unpaired) electrons. The average molecular weight is 260 g/mol. The largest absolute Gasteiger partial charge is 0.485 e. The van der Waals surface area contributed by atoms with Crippen molar-refractivity contribution in [1.82, 2.24) is 10.1 Å². The minimum atomic E-state index is -0.127. The van der Waals surface area contributed by atoms with Crippen LogP contribution < -0.4 is 4.74 Å². The molecule has 2 rings (SSSR count). The molecule has 0 fully saturated rings. The van der Waals surface area contributed by atoms with Gasteiger partial charge in [0, 0.05) is 5.41 Å². The SMILES string of the molecule is CC(C)C(C)(C)c1nc(COc2ccccc2)no1. The summed E-state index contributed by atoms with van der Waals surface area (Å²) in [5.41, 5.74) is -0.127. The first-order valence-electron chi connectivity index (χ1n) is 6.51. The molecule has 0 unspecified atom stereocenters. The predicted octanol–water partition coefficient (Wildman–Crippen LogP) is 3.58. The Balaban J connectivity index is 2.02. The molecule has 0 amide bonds. The van der Waals surface area contributed by atoms with Gasteiger partial charge in [-0.3, -0.25) is 0 Å². The molecule has 0 N–H and O–H groups in total. The maximum Gasteiger partial charge on any atom is 0.232 e. The number of aromatic nitrogens is 2. The molecule has 0 spiro atoms. The van der Waals surface area contributed by atoms with Gasteiger partial charge in [0.25, 0.3) is 0 Å². The van der Waals surface area contributed by atoms with E-state index in [0.29, 0.717) is 24.2 Å². The van der Waals surface area contributed by atoms with Gasteiger partial charge in [0.05, 0.1) is 0 Å². The van der Waals surface area contributed by atoms with Gasteiger partial charge in [-0.05, 0) is 18.1 Å². The molecular weight excluding hydrogens is 240 g/mol. The number of nitrogens with zero attached hydrogens (tertiary/aromatic N) is 2. The fraction of sp³-hybridized carbons (Fsp3) is 0.467. The molecular formula is C15H20N2O2. The van der Waals surface area contributed by atoms with Gasteiger partial charge < -0.3 is 9.26 Å². The second kappa shape index (κ2) is 5.43. The Kier molecular flexibility index (Phi) is 3.88. The number of benzene rings is 1. The van der Waals surface area contributed by atoms with Crippen molar-refractivity contribution < 1.29 is 9.26 Å². The average Bonchev–Trinajstić information content (AvgIpc) is 2.87. The van der Waals surface area contributed by atoms with E-state index in [9.17, 15) is 0 Å². The molecule has 0 aliphatic rings. The molecule has 4 nitrogen and oxygen atoms in total. The molecule has 102 valence electrons. The van der Waals surface area contributed by atoms with Crippen LogP contribution in [0.2, 0.25) is 0 Å². The first-order valence-corrected chi connectivity index (χ1v) is 6.51. The Morgan fingerprint density at radius 1 is 1.21 bits per heavy atom. The van der Waals surface area contributed by atoms with Crippen molar-refractivity contribution in [2.45, 2.75) is 39.7 Å². The highest BCUT2D eigenvalue weighted by molar-refractivity contribution is 5.21. The van der Waals surface area contributed by atoms with Crippen molar-refractivity contribution in [2.75, 3.05) is 0 Å². The number of para-hydroxylation sites is 1. The zero-order valence-corrected chi connectivity index (χ0v) is 11.9. The third-order valence-electron chi connectivity index (χ3n) is 3.57. The number of ether oxygens (including phenoxy) is 1. The predicted molar refractivity (Wildman–Crippen MR) is 72.9 cm³/mol. The van der Waals surface area contributed by atoms with Crippen molar-refractivity contribution in [2.24, 2.45) is 5.92 Å². The Bertz CT molecular complexity index is 518. The topological polar surface area (TPSA) is 48.2 Å². The maximum atomic E-state index is 5.59. The van der Waals surface area contributed by atoms with Crippen LogP contribution in [-0.4, -0.2) is 10.1 Å². The van der Waals surface area contributed by atoms with Crippen LogP contribution in [-0.2, 0) is 12.0 Å². The summed E-state index contributed by atoms with van der Waals surface area (Å²) < 4.78 is 10.9. The molecule has 1 heterocycles. The monoisotopic (exact) mass is 260 g/mol. The Hall–Kier alpha value is -1.84. The van der Waals surface area contributed by atoms with Gasteiger partial charge >= 0.3 is 0 Å². The molecule has 1 aromatic carbocycles. The van der Waals surface area contributed by atoms with E-state index < -0.39 is 0 Å². The van der Waals surface area contributed by atoms with Crippen LogP contribution in [0, 0.1) is 5.92 Å². The van der Waals surface area contributed by atoms with E-state index in [-0.39, 0.29) is 5.41 Å². The number of rotatable bonds is 5. The van der Waals surface area contributed by atoms with Gasteiger partial charge in [-0.1, -0.05) is 51.1 Å². The molecule has 0 aliphatic carbocycles. The van der Waals surface area contributed by atoms with Gasteiger partial charge in [0.1, 0.15) is 5.75 Å². The zero-order chi connectivity index (χ0) is 13.9. The highest BCUT2D eigenvalue weighted by Crippen LogP contribution is 2.29.